The van der Waals surface area contributed by atoms with Crippen LogP contribution in [0.2, 0.25) is 0 Å². The van der Waals surface area contributed by atoms with Crippen LogP contribution in [0.25, 0.3) is 0 Å². The number of nitrogens with one attached hydrogen (secondary N) is 2. The molecule has 1 aromatic carbocycles. The molecule has 1 heterocycles. The highest BCUT2D eigenvalue weighted by Gasteiger charge is 2.15. The number of ether oxygens (including phenoxy) is 1. The maximum absolute atomic E-state index is 13.6. The Kier molecular flexibility index (Phi) is 6.08. The second kappa shape index (κ2) is 7.82. The van der Waals surface area contributed by atoms with E-state index >= 15 is 0 Å². The summed E-state index contributed by atoms with van der Waals surface area (Å²) in [7, 11) is 0. The molecule has 1 aromatic rings. The molecule has 0 radical (unpaired) electrons. The smallest absolute Gasteiger partial charge is 0.226 e. The third-order valence-corrected chi connectivity index (χ3v) is 3.87. The van der Waals surface area contributed by atoms with E-state index in [4.69, 9.17) is 4.74 Å². The fourth-order valence-electron chi connectivity index (χ4n) is 2.14. The number of rotatable bonds is 5. The maximum atomic E-state index is 13.6. The lowest BCUT2D eigenvalue weighted by Gasteiger charge is -2.22. The molecule has 116 valence electrons. The molecule has 4 nitrogen and oxygen atoms in total. The van der Waals surface area contributed by atoms with Crippen LogP contribution in [0, 0.1) is 11.6 Å². The SMILES string of the molecule is O=C(CCOC1CCNCC1)Nc1c(F)cc(F)cc1Br. The van der Waals surface area contributed by atoms with Crippen LogP contribution in [0.4, 0.5) is 14.5 Å². The van der Waals surface area contributed by atoms with Crippen LogP contribution in [-0.4, -0.2) is 31.7 Å². The van der Waals surface area contributed by atoms with Gasteiger partial charge in [-0.2, -0.15) is 0 Å². The van der Waals surface area contributed by atoms with Crippen molar-refractivity contribution in [3.63, 3.8) is 0 Å². The topological polar surface area (TPSA) is 50.4 Å². The van der Waals surface area contributed by atoms with Crippen LogP contribution in [0.3, 0.4) is 0 Å². The molecule has 1 saturated heterocycles. The molecule has 0 atom stereocenters. The minimum Gasteiger partial charge on any atom is -0.378 e. The molecule has 1 amide bonds. The van der Waals surface area contributed by atoms with E-state index in [2.05, 4.69) is 26.6 Å². The number of halogens is 3. The number of amides is 1. The highest BCUT2D eigenvalue weighted by atomic mass is 79.9. The summed E-state index contributed by atoms with van der Waals surface area (Å²) >= 11 is 3.02. The fraction of sp³-hybridized carbons (Fsp3) is 0.500. The van der Waals surface area contributed by atoms with Gasteiger partial charge in [-0.05, 0) is 47.9 Å². The van der Waals surface area contributed by atoms with Crippen molar-refractivity contribution >= 4 is 27.5 Å². The molecule has 1 aliphatic rings. The number of carbonyl (C=O) groups excluding carboxylic acids is 1. The normalized spacial score (nSPS) is 16.0. The number of piperidine rings is 1. The first-order chi connectivity index (χ1) is 10.1. The van der Waals surface area contributed by atoms with E-state index < -0.39 is 11.6 Å². The van der Waals surface area contributed by atoms with E-state index in [9.17, 15) is 13.6 Å². The zero-order valence-electron chi connectivity index (χ0n) is 11.4. The third-order valence-electron chi connectivity index (χ3n) is 3.24. The Morgan fingerprint density at radius 2 is 2.10 bits per heavy atom. The fourth-order valence-corrected chi connectivity index (χ4v) is 2.65. The van der Waals surface area contributed by atoms with Gasteiger partial charge in [-0.3, -0.25) is 4.79 Å². The summed E-state index contributed by atoms with van der Waals surface area (Å²) in [6, 6.07) is 1.83. The highest BCUT2D eigenvalue weighted by molar-refractivity contribution is 9.10. The Morgan fingerprint density at radius 1 is 1.38 bits per heavy atom. The lowest BCUT2D eigenvalue weighted by molar-refractivity contribution is -0.117. The van der Waals surface area contributed by atoms with Gasteiger partial charge in [0.2, 0.25) is 5.91 Å². The second-order valence-corrected chi connectivity index (χ2v) is 5.72. The monoisotopic (exact) mass is 362 g/mol. The van der Waals surface area contributed by atoms with Gasteiger partial charge in [-0.25, -0.2) is 8.78 Å². The van der Waals surface area contributed by atoms with Crippen molar-refractivity contribution in [2.45, 2.75) is 25.4 Å². The molecule has 0 spiro atoms. The first-order valence-electron chi connectivity index (χ1n) is 6.83. The Bertz CT molecular complexity index is 485. The summed E-state index contributed by atoms with van der Waals surface area (Å²) in [5.74, 6) is -1.88. The zero-order valence-corrected chi connectivity index (χ0v) is 13.0. The molecule has 0 bridgehead atoms. The molecule has 21 heavy (non-hydrogen) atoms. The van der Waals surface area contributed by atoms with Crippen LogP contribution in [0.5, 0.6) is 0 Å². The number of anilines is 1. The Morgan fingerprint density at radius 3 is 2.76 bits per heavy atom. The van der Waals surface area contributed by atoms with Crippen molar-refractivity contribution in [3.05, 3.63) is 28.2 Å². The molecular formula is C14H17BrF2N2O2. The van der Waals surface area contributed by atoms with E-state index in [1.165, 1.54) is 0 Å². The summed E-state index contributed by atoms with van der Waals surface area (Å²) < 4.78 is 32.3. The van der Waals surface area contributed by atoms with Gasteiger partial charge >= 0.3 is 0 Å². The van der Waals surface area contributed by atoms with Gasteiger partial charge in [0.05, 0.1) is 24.8 Å². The van der Waals surface area contributed by atoms with Crippen molar-refractivity contribution in [1.82, 2.24) is 5.32 Å². The van der Waals surface area contributed by atoms with Crippen LogP contribution in [-0.2, 0) is 9.53 Å². The molecule has 7 heteroatoms. The van der Waals surface area contributed by atoms with Crippen molar-refractivity contribution in [2.75, 3.05) is 25.0 Å². The van der Waals surface area contributed by atoms with Gasteiger partial charge in [0.25, 0.3) is 0 Å². The zero-order chi connectivity index (χ0) is 15.2. The van der Waals surface area contributed by atoms with E-state index in [1.54, 1.807) is 0 Å². The first kappa shape index (κ1) is 16.3. The summed E-state index contributed by atoms with van der Waals surface area (Å²) in [6.45, 7) is 2.13. The van der Waals surface area contributed by atoms with E-state index in [0.29, 0.717) is 0 Å². The predicted molar refractivity (Wildman–Crippen MR) is 79.1 cm³/mol. The largest absolute Gasteiger partial charge is 0.378 e. The summed E-state index contributed by atoms with van der Waals surface area (Å²) in [5, 5.41) is 5.65. The van der Waals surface area contributed by atoms with E-state index in [-0.39, 0.29) is 35.2 Å². The molecule has 0 aliphatic carbocycles. The van der Waals surface area contributed by atoms with Gasteiger partial charge in [-0.1, -0.05) is 0 Å². The Labute approximate surface area is 130 Å². The number of carbonyl (C=O) groups is 1. The minimum absolute atomic E-state index is 0.0525. The number of hydrogen-bond acceptors (Lipinski definition) is 3. The average Bonchev–Trinajstić information content (AvgIpc) is 2.44. The third kappa shape index (κ3) is 5.01. The highest BCUT2D eigenvalue weighted by Crippen LogP contribution is 2.26. The standard InChI is InChI=1S/C14H17BrF2N2O2/c15-11-7-9(16)8-12(17)14(11)19-13(20)3-6-21-10-1-4-18-5-2-10/h7-8,10,18H,1-6H2,(H,19,20). The predicted octanol–water partition coefficient (Wildman–Crippen LogP) is 2.82. The van der Waals surface area contributed by atoms with E-state index in [0.717, 1.165) is 38.1 Å². The Hall–Kier alpha value is -1.05. The van der Waals surface area contributed by atoms with Crippen LogP contribution in [0.15, 0.2) is 16.6 Å². The van der Waals surface area contributed by atoms with Crippen LogP contribution >= 0.6 is 15.9 Å². The number of benzene rings is 1. The minimum atomic E-state index is -0.811. The first-order valence-corrected chi connectivity index (χ1v) is 7.62. The molecular weight excluding hydrogens is 346 g/mol. The lowest BCUT2D eigenvalue weighted by atomic mass is 10.1. The molecule has 2 N–H and O–H groups in total. The number of hydrogen-bond donors (Lipinski definition) is 2. The molecule has 0 aromatic heterocycles. The summed E-state index contributed by atoms with van der Waals surface area (Å²) in [6.07, 6.45) is 2.17. The van der Waals surface area contributed by atoms with Gasteiger partial charge in [0.1, 0.15) is 5.82 Å². The summed E-state index contributed by atoms with van der Waals surface area (Å²) in [4.78, 5) is 11.8. The molecule has 1 fully saturated rings. The second-order valence-electron chi connectivity index (χ2n) is 4.86. The molecule has 2 rings (SSSR count). The van der Waals surface area contributed by atoms with Crippen molar-refractivity contribution in [1.29, 1.82) is 0 Å². The van der Waals surface area contributed by atoms with Gasteiger partial charge in [0, 0.05) is 10.5 Å². The maximum Gasteiger partial charge on any atom is 0.226 e. The van der Waals surface area contributed by atoms with E-state index in [1.807, 2.05) is 0 Å². The molecule has 0 unspecified atom stereocenters. The summed E-state index contributed by atoms with van der Waals surface area (Å²) in [5.41, 5.74) is -0.0525. The molecule has 1 aliphatic heterocycles. The Balaban J connectivity index is 1.79. The van der Waals surface area contributed by atoms with Crippen molar-refractivity contribution < 1.29 is 18.3 Å². The van der Waals surface area contributed by atoms with Crippen molar-refractivity contribution in [2.24, 2.45) is 0 Å². The van der Waals surface area contributed by atoms with Gasteiger partial charge in [-0.15, -0.1) is 0 Å². The lowest BCUT2D eigenvalue weighted by Crippen LogP contribution is -2.33. The van der Waals surface area contributed by atoms with Gasteiger partial charge < -0.3 is 15.4 Å². The van der Waals surface area contributed by atoms with Crippen molar-refractivity contribution in [3.8, 4) is 0 Å². The quantitative estimate of drug-likeness (QED) is 0.846. The van der Waals surface area contributed by atoms with Gasteiger partial charge in [0.15, 0.2) is 5.82 Å². The average molecular weight is 363 g/mol. The van der Waals surface area contributed by atoms with Crippen LogP contribution in [0.1, 0.15) is 19.3 Å². The molecule has 0 saturated carbocycles. The van der Waals surface area contributed by atoms with Crippen LogP contribution < -0.4 is 10.6 Å².